The van der Waals surface area contributed by atoms with Gasteiger partial charge in [0.05, 0.1) is 6.10 Å². The second kappa shape index (κ2) is 11.0. The van der Waals surface area contributed by atoms with Crippen molar-refractivity contribution in [1.82, 2.24) is 4.90 Å². The van der Waals surface area contributed by atoms with Crippen molar-refractivity contribution in [2.24, 2.45) is 29.6 Å². The summed E-state index contributed by atoms with van der Waals surface area (Å²) in [4.78, 5) is 8.08. The molecule has 0 bridgehead atoms. The number of ether oxygens (including phenoxy) is 1. The number of methoxy groups -OCH3 is 1. The molecular formula is C25H50N2OSiTi. The standard InChI is InChI=1S/C22H41N2OSi.3CH3.Ti/c1-13-11-16-17-12-14(2)24(7)19(17)21(18(16)15(3)20(13)25-8)26(9,10)23-22(4,5)6;;;;/h12-13,15-21H,11H2,1-10H3;3*1H3;/q4*-1;+4. The SMILES string of the molecule is COC1C(C)CC2C3C=C(C)N(C)C3C([Si](C)(C)[N-]C(C)(C)C)C2C1C.[CH3-].[CH3-].[CH3-].[Ti+4]. The molecule has 0 amide bonds. The van der Waals surface area contributed by atoms with Gasteiger partial charge in [-0.15, -0.1) is 5.54 Å². The van der Waals surface area contributed by atoms with Crippen molar-refractivity contribution >= 4 is 8.24 Å². The maximum absolute atomic E-state index is 6.01. The predicted octanol–water partition coefficient (Wildman–Crippen LogP) is 6.85. The molecular weight excluding hydrogens is 420 g/mol. The summed E-state index contributed by atoms with van der Waals surface area (Å²) in [5.41, 5.74) is 2.23. The van der Waals surface area contributed by atoms with Crippen LogP contribution in [0.25, 0.3) is 4.98 Å². The monoisotopic (exact) mass is 470 g/mol. The molecule has 1 heterocycles. The molecule has 30 heavy (non-hydrogen) atoms. The Morgan fingerprint density at radius 1 is 1.13 bits per heavy atom. The van der Waals surface area contributed by atoms with E-state index >= 15 is 0 Å². The molecule has 0 aromatic rings. The molecule has 2 fully saturated rings. The Bertz CT molecular complexity index is 574. The molecule has 174 valence electrons. The van der Waals surface area contributed by atoms with E-state index in [-0.39, 0.29) is 49.5 Å². The van der Waals surface area contributed by atoms with Crippen molar-refractivity contribution in [2.45, 2.75) is 84.3 Å². The van der Waals surface area contributed by atoms with Crippen molar-refractivity contribution in [3.8, 4) is 0 Å². The summed E-state index contributed by atoms with van der Waals surface area (Å²) in [5.74, 6) is 3.52. The number of hydrogen-bond acceptors (Lipinski definition) is 2. The molecule has 5 heteroatoms. The van der Waals surface area contributed by atoms with Crippen LogP contribution in [0.3, 0.4) is 0 Å². The van der Waals surface area contributed by atoms with Gasteiger partial charge in [0.25, 0.3) is 0 Å². The summed E-state index contributed by atoms with van der Waals surface area (Å²) in [6.45, 7) is 19.0. The van der Waals surface area contributed by atoms with Gasteiger partial charge in [-0.1, -0.05) is 62.0 Å². The van der Waals surface area contributed by atoms with Gasteiger partial charge in [0, 0.05) is 31.8 Å². The Morgan fingerprint density at radius 3 is 2.13 bits per heavy atom. The molecule has 8 atom stereocenters. The minimum atomic E-state index is -1.78. The summed E-state index contributed by atoms with van der Waals surface area (Å²) in [5, 5.41) is 0. The molecule has 8 unspecified atom stereocenters. The van der Waals surface area contributed by atoms with Crippen LogP contribution in [0.1, 0.15) is 48.0 Å². The Kier molecular flexibility index (Phi) is 12.0. The van der Waals surface area contributed by atoms with Gasteiger partial charge in [0.1, 0.15) is 0 Å². The number of fused-ring (bicyclic) bond motifs is 3. The molecule has 0 radical (unpaired) electrons. The van der Waals surface area contributed by atoms with Crippen molar-refractivity contribution in [3.63, 3.8) is 0 Å². The molecule has 2 aliphatic carbocycles. The summed E-state index contributed by atoms with van der Waals surface area (Å²) in [7, 11) is 2.46. The number of allylic oxidation sites excluding steroid dienone is 1. The molecule has 3 rings (SSSR count). The van der Waals surface area contributed by atoms with E-state index in [4.69, 9.17) is 9.72 Å². The molecule has 0 aromatic carbocycles. The third-order valence-corrected chi connectivity index (χ3v) is 11.2. The van der Waals surface area contributed by atoms with E-state index in [1.807, 2.05) is 7.11 Å². The average molecular weight is 471 g/mol. The van der Waals surface area contributed by atoms with Crippen molar-refractivity contribution < 1.29 is 26.5 Å². The zero-order valence-corrected chi connectivity index (χ0v) is 24.8. The van der Waals surface area contributed by atoms with Crippen LogP contribution in [0.15, 0.2) is 11.8 Å². The molecule has 0 spiro atoms. The van der Waals surface area contributed by atoms with Gasteiger partial charge in [0.2, 0.25) is 0 Å². The van der Waals surface area contributed by atoms with Crippen LogP contribution in [-0.4, -0.2) is 45.0 Å². The average Bonchev–Trinajstić information content (AvgIpc) is 2.93. The van der Waals surface area contributed by atoms with Gasteiger partial charge in [-0.25, -0.2) is 0 Å². The summed E-state index contributed by atoms with van der Waals surface area (Å²) >= 11 is 0. The summed E-state index contributed by atoms with van der Waals surface area (Å²) < 4.78 is 6.01. The Labute approximate surface area is 206 Å². The van der Waals surface area contributed by atoms with E-state index in [0.717, 1.165) is 11.8 Å². The third-order valence-electron chi connectivity index (χ3n) is 7.64. The second-order valence-corrected chi connectivity index (χ2v) is 15.2. The molecule has 0 aromatic heterocycles. The predicted molar refractivity (Wildman–Crippen MR) is 133 cm³/mol. The summed E-state index contributed by atoms with van der Waals surface area (Å²) in [6.07, 6.45) is 4.30. The molecule has 3 aliphatic rings. The first kappa shape index (κ1) is 32.6. The molecule has 2 saturated carbocycles. The van der Waals surface area contributed by atoms with Crippen LogP contribution in [0.5, 0.6) is 0 Å². The van der Waals surface area contributed by atoms with Crippen LogP contribution < -0.4 is 0 Å². The van der Waals surface area contributed by atoms with Gasteiger partial charge in [0.15, 0.2) is 0 Å². The fourth-order valence-electron chi connectivity index (χ4n) is 7.20. The van der Waals surface area contributed by atoms with Gasteiger partial charge < -0.3 is 36.9 Å². The van der Waals surface area contributed by atoms with E-state index in [0.29, 0.717) is 35.4 Å². The van der Waals surface area contributed by atoms with Crippen molar-refractivity contribution in [2.75, 3.05) is 14.2 Å². The van der Waals surface area contributed by atoms with Gasteiger partial charge >= 0.3 is 21.7 Å². The van der Waals surface area contributed by atoms with Gasteiger partial charge in [-0.05, 0) is 42.6 Å². The van der Waals surface area contributed by atoms with E-state index in [2.05, 4.69) is 72.7 Å². The second-order valence-electron chi connectivity index (χ2n) is 11.0. The van der Waals surface area contributed by atoms with E-state index in [1.165, 1.54) is 12.1 Å². The maximum Gasteiger partial charge on any atom is 4.00 e. The van der Waals surface area contributed by atoms with Gasteiger partial charge in [-0.3, -0.25) is 0 Å². The minimum absolute atomic E-state index is 0. The fraction of sp³-hybridized carbons (Fsp3) is 0.800. The molecule has 3 nitrogen and oxygen atoms in total. The zero-order chi connectivity index (χ0) is 19.6. The number of nitrogens with zero attached hydrogens (tertiary/aromatic N) is 2. The zero-order valence-electron chi connectivity index (χ0n) is 22.2. The first-order valence-corrected chi connectivity index (χ1v) is 13.6. The first-order valence-electron chi connectivity index (χ1n) is 10.6. The smallest absolute Gasteiger partial charge is 0.660 e. The first-order chi connectivity index (χ1) is 11.9. The van der Waals surface area contributed by atoms with Crippen LogP contribution >= 0.6 is 0 Å². The Hall–Kier alpha value is 0.391. The van der Waals surface area contributed by atoms with Crippen LogP contribution in [0, 0.1) is 51.9 Å². The number of hydrogen-bond donors (Lipinski definition) is 0. The maximum atomic E-state index is 6.01. The largest absolute Gasteiger partial charge is 4.00 e. The quantitative estimate of drug-likeness (QED) is 0.333. The number of rotatable bonds is 3. The van der Waals surface area contributed by atoms with Crippen molar-refractivity contribution in [1.29, 1.82) is 0 Å². The summed E-state index contributed by atoms with van der Waals surface area (Å²) in [6, 6.07) is 0.642. The fourth-order valence-corrected chi connectivity index (χ4v) is 11.9. The van der Waals surface area contributed by atoms with Crippen LogP contribution in [0.4, 0.5) is 0 Å². The Balaban J connectivity index is 0. The Morgan fingerprint density at radius 2 is 1.67 bits per heavy atom. The molecule has 1 aliphatic heterocycles. The molecule has 0 saturated heterocycles. The van der Waals surface area contributed by atoms with E-state index in [1.54, 1.807) is 0 Å². The van der Waals surface area contributed by atoms with Crippen LogP contribution in [0.2, 0.25) is 18.6 Å². The van der Waals surface area contributed by atoms with Gasteiger partial charge in [-0.2, -0.15) is 0 Å². The van der Waals surface area contributed by atoms with Crippen molar-refractivity contribution in [3.05, 3.63) is 39.0 Å². The topological polar surface area (TPSA) is 26.6 Å². The van der Waals surface area contributed by atoms with E-state index in [9.17, 15) is 0 Å². The normalized spacial score (nSPS) is 37.5. The van der Waals surface area contributed by atoms with E-state index < -0.39 is 8.24 Å². The minimum Gasteiger partial charge on any atom is -0.660 e. The third kappa shape index (κ3) is 5.47. The molecule has 0 N–H and O–H groups in total. The van der Waals surface area contributed by atoms with Crippen LogP contribution in [-0.2, 0) is 26.5 Å².